The zero-order chi connectivity index (χ0) is 44.7. The van der Waals surface area contributed by atoms with Gasteiger partial charge in [-0.15, -0.1) is 0 Å². The number of hydrogen-bond acceptors (Lipinski definition) is 11. The highest BCUT2D eigenvalue weighted by Crippen LogP contribution is 2.26. The van der Waals surface area contributed by atoms with Crippen LogP contribution in [0.15, 0.2) is 0 Å². The zero-order valence-corrected chi connectivity index (χ0v) is 39.8. The van der Waals surface area contributed by atoms with Gasteiger partial charge in [-0.1, -0.05) is 219 Å². The second-order valence-corrected chi connectivity index (χ2v) is 18.8. The predicted molar refractivity (Wildman–Crippen MR) is 244 cm³/mol. The van der Waals surface area contributed by atoms with Crippen LogP contribution < -0.4 is 0 Å². The number of carbonyl (C=O) groups excluding carboxylic acids is 1. The summed E-state index contributed by atoms with van der Waals surface area (Å²) in [6.07, 6.45) is 34.2. The van der Waals surface area contributed by atoms with E-state index in [-0.39, 0.29) is 19.6 Å². The van der Waals surface area contributed by atoms with Crippen molar-refractivity contribution >= 4 is 16.4 Å². The first-order valence-electron chi connectivity index (χ1n) is 25.3. The van der Waals surface area contributed by atoms with Crippen molar-refractivity contribution in [2.45, 2.75) is 275 Å². The lowest BCUT2D eigenvalue weighted by molar-refractivity contribution is -0.301. The van der Waals surface area contributed by atoms with Crippen LogP contribution >= 0.6 is 0 Å². The summed E-state index contributed by atoms with van der Waals surface area (Å²) < 4.78 is 59.2. The van der Waals surface area contributed by atoms with E-state index >= 15 is 0 Å². The van der Waals surface area contributed by atoms with Crippen molar-refractivity contribution < 1.29 is 56.2 Å². The molecule has 1 aliphatic rings. The van der Waals surface area contributed by atoms with E-state index in [1.54, 1.807) is 0 Å². The van der Waals surface area contributed by atoms with Gasteiger partial charge in [0.25, 0.3) is 0 Å². The lowest BCUT2D eigenvalue weighted by atomic mass is 9.99. The van der Waals surface area contributed by atoms with Gasteiger partial charge in [-0.25, -0.2) is 4.18 Å². The van der Waals surface area contributed by atoms with Gasteiger partial charge >= 0.3 is 16.4 Å². The lowest BCUT2D eigenvalue weighted by Crippen LogP contribution is -2.60. The SMILES string of the molecule is CCCCCCCCCCCCCCCCCCCOCC(COC1OC(CO)C(O)C(OS(=O)(=O)O)C1O)OC(=O)CCCCCCCCCCCCCCCCCCC. The molecule has 1 aliphatic heterocycles. The highest BCUT2D eigenvalue weighted by Gasteiger charge is 2.48. The quantitative estimate of drug-likeness (QED) is 0.0259. The van der Waals surface area contributed by atoms with E-state index in [1.165, 1.54) is 173 Å². The molecule has 364 valence electrons. The molecule has 12 nitrogen and oxygen atoms in total. The number of carbonyl (C=O) groups is 1. The Balaban J connectivity index is 2.36. The molecule has 0 aliphatic carbocycles. The Hall–Kier alpha value is -0.900. The zero-order valence-electron chi connectivity index (χ0n) is 39.0. The topological polar surface area (TPSA) is 178 Å². The molecule has 6 unspecified atom stereocenters. The Bertz CT molecular complexity index is 1080. The van der Waals surface area contributed by atoms with Crippen LogP contribution in [-0.4, -0.2) is 97.5 Å². The average Bonchev–Trinajstić information content (AvgIpc) is 3.23. The fourth-order valence-corrected chi connectivity index (χ4v) is 8.65. The summed E-state index contributed by atoms with van der Waals surface area (Å²) in [7, 11) is -5.06. The monoisotopic (exact) mass is 895 g/mol. The number of hydrogen-bond donors (Lipinski definition) is 4. The van der Waals surface area contributed by atoms with Gasteiger partial charge in [0.1, 0.15) is 30.5 Å². The molecule has 0 aromatic heterocycles. The first kappa shape index (κ1) is 58.1. The van der Waals surface area contributed by atoms with Crippen LogP contribution in [0.5, 0.6) is 0 Å². The highest BCUT2D eigenvalue weighted by atomic mass is 32.3. The minimum atomic E-state index is -5.06. The molecule has 0 aromatic rings. The van der Waals surface area contributed by atoms with Gasteiger partial charge in [0.05, 0.1) is 19.8 Å². The van der Waals surface area contributed by atoms with Crippen LogP contribution in [0.25, 0.3) is 0 Å². The Morgan fingerprint density at radius 1 is 0.557 bits per heavy atom. The molecular weight excluding hydrogens is 801 g/mol. The highest BCUT2D eigenvalue weighted by molar-refractivity contribution is 7.80. The van der Waals surface area contributed by atoms with Crippen molar-refractivity contribution in [3.05, 3.63) is 0 Å². The van der Waals surface area contributed by atoms with Gasteiger partial charge in [-0.2, -0.15) is 8.42 Å². The van der Waals surface area contributed by atoms with E-state index < -0.39 is 59.8 Å². The summed E-state index contributed by atoms with van der Waals surface area (Å²) >= 11 is 0. The fourth-order valence-electron chi connectivity index (χ4n) is 8.15. The van der Waals surface area contributed by atoms with Crippen molar-refractivity contribution in [1.82, 2.24) is 0 Å². The summed E-state index contributed by atoms with van der Waals surface area (Å²) in [4.78, 5) is 12.9. The minimum Gasteiger partial charge on any atom is -0.457 e. The molecular formula is C48H94O12S. The maximum absolute atomic E-state index is 12.9. The van der Waals surface area contributed by atoms with Crippen LogP contribution in [0.3, 0.4) is 0 Å². The van der Waals surface area contributed by atoms with Crippen molar-refractivity contribution in [3.63, 3.8) is 0 Å². The number of aliphatic hydroxyl groups is 3. The van der Waals surface area contributed by atoms with Gasteiger partial charge in [-0.3, -0.25) is 9.35 Å². The Labute approximate surface area is 373 Å². The van der Waals surface area contributed by atoms with Crippen LogP contribution in [0.1, 0.15) is 239 Å². The van der Waals surface area contributed by atoms with Gasteiger partial charge in [0, 0.05) is 13.0 Å². The summed E-state index contributed by atoms with van der Waals surface area (Å²) in [5.74, 6) is -0.391. The Morgan fingerprint density at radius 3 is 1.31 bits per heavy atom. The van der Waals surface area contributed by atoms with Crippen molar-refractivity contribution in [1.29, 1.82) is 0 Å². The summed E-state index contributed by atoms with van der Waals surface area (Å²) in [6.45, 7) is 4.05. The normalized spacial score (nSPS) is 20.0. The largest absolute Gasteiger partial charge is 0.457 e. The fraction of sp³-hybridized carbons (Fsp3) is 0.979. The summed E-state index contributed by atoms with van der Waals surface area (Å²) in [5.41, 5.74) is 0. The maximum atomic E-state index is 12.9. The van der Waals surface area contributed by atoms with Gasteiger partial charge in [-0.05, 0) is 12.8 Å². The first-order chi connectivity index (χ1) is 29.6. The molecule has 1 saturated heterocycles. The molecule has 6 atom stereocenters. The molecule has 1 heterocycles. The molecule has 0 bridgehead atoms. The van der Waals surface area contributed by atoms with Crippen LogP contribution in [-0.2, 0) is 38.3 Å². The number of aliphatic hydroxyl groups excluding tert-OH is 3. The summed E-state index contributed by atoms with van der Waals surface area (Å²) in [5, 5.41) is 30.7. The molecule has 4 N–H and O–H groups in total. The number of esters is 1. The van der Waals surface area contributed by atoms with Crippen LogP contribution in [0.4, 0.5) is 0 Å². The van der Waals surface area contributed by atoms with E-state index in [9.17, 15) is 33.1 Å². The smallest absolute Gasteiger partial charge is 0.397 e. The van der Waals surface area contributed by atoms with E-state index in [4.69, 9.17) is 18.9 Å². The van der Waals surface area contributed by atoms with E-state index in [1.807, 2.05) is 0 Å². The van der Waals surface area contributed by atoms with Crippen molar-refractivity contribution in [2.24, 2.45) is 0 Å². The second kappa shape index (κ2) is 40.6. The van der Waals surface area contributed by atoms with E-state index in [2.05, 4.69) is 18.0 Å². The summed E-state index contributed by atoms with van der Waals surface area (Å²) in [6, 6.07) is 0. The average molecular weight is 895 g/mol. The molecule has 0 radical (unpaired) electrons. The van der Waals surface area contributed by atoms with E-state index in [0.717, 1.165) is 38.5 Å². The maximum Gasteiger partial charge on any atom is 0.397 e. The second-order valence-electron chi connectivity index (χ2n) is 17.8. The molecule has 0 spiro atoms. The molecule has 0 saturated carbocycles. The Morgan fingerprint density at radius 2 is 0.934 bits per heavy atom. The first-order valence-corrected chi connectivity index (χ1v) is 26.7. The lowest BCUT2D eigenvalue weighted by Gasteiger charge is -2.41. The standard InChI is InChI=1S/C48H94O12S/c1-3-5-7-9-11-13-15-17-19-21-23-25-27-29-31-33-35-37-44(50)58-42(41-57-48-46(52)47(60-61(53,54)55)45(51)43(39-49)59-48)40-56-38-36-34-32-30-28-26-24-22-20-18-16-14-12-10-8-6-4-2/h42-43,45-49,51-52H,3-41H2,1-2H3,(H,53,54,55). The molecule has 0 aromatic carbocycles. The van der Waals surface area contributed by atoms with E-state index in [0.29, 0.717) is 13.0 Å². The number of unbranched alkanes of at least 4 members (excludes halogenated alkanes) is 32. The molecule has 61 heavy (non-hydrogen) atoms. The number of ether oxygens (including phenoxy) is 4. The molecule has 1 rings (SSSR count). The van der Waals surface area contributed by atoms with Crippen molar-refractivity contribution in [2.75, 3.05) is 26.4 Å². The van der Waals surface area contributed by atoms with Crippen LogP contribution in [0.2, 0.25) is 0 Å². The van der Waals surface area contributed by atoms with Gasteiger partial charge in [0.2, 0.25) is 0 Å². The molecule has 13 heteroatoms. The third kappa shape index (κ3) is 34.2. The minimum absolute atomic E-state index is 0.0451. The van der Waals surface area contributed by atoms with Crippen molar-refractivity contribution in [3.8, 4) is 0 Å². The predicted octanol–water partition coefficient (Wildman–Crippen LogP) is 11.3. The van der Waals surface area contributed by atoms with Crippen LogP contribution in [0, 0.1) is 0 Å². The van der Waals surface area contributed by atoms with Gasteiger partial charge < -0.3 is 34.3 Å². The van der Waals surface area contributed by atoms with Gasteiger partial charge in [0.15, 0.2) is 6.29 Å². The molecule has 1 fully saturated rings. The Kier molecular flexibility index (Phi) is 38.7. The molecule has 0 amide bonds. The third-order valence-electron chi connectivity index (χ3n) is 12.0. The number of rotatable bonds is 45. The third-order valence-corrected chi connectivity index (χ3v) is 12.4.